The van der Waals surface area contributed by atoms with Crippen molar-refractivity contribution in [3.05, 3.63) is 35.0 Å². The van der Waals surface area contributed by atoms with Gasteiger partial charge in [-0.3, -0.25) is 0 Å². The molecule has 0 amide bonds. The van der Waals surface area contributed by atoms with Crippen LogP contribution >= 0.6 is 11.6 Å². The van der Waals surface area contributed by atoms with E-state index in [1.165, 1.54) is 0 Å². The molecule has 1 fully saturated rings. The highest BCUT2D eigenvalue weighted by Gasteiger charge is 2.24. The first-order chi connectivity index (χ1) is 9.97. The Morgan fingerprint density at radius 3 is 2.95 bits per heavy atom. The third kappa shape index (κ3) is 2.89. The van der Waals surface area contributed by atoms with Gasteiger partial charge in [-0.05, 0) is 37.6 Å². The van der Waals surface area contributed by atoms with E-state index in [1.807, 2.05) is 19.1 Å². The number of hydrogen-bond acceptors (Lipinski definition) is 4. The molecule has 0 spiro atoms. The Kier molecular flexibility index (Phi) is 3.88. The topological polar surface area (TPSA) is 71.1 Å². The second-order valence-corrected chi connectivity index (χ2v) is 7.28. The second-order valence-electron chi connectivity index (χ2n) is 5.23. The molecule has 1 aliphatic rings. The number of benzene rings is 1. The summed E-state index contributed by atoms with van der Waals surface area (Å²) < 4.78 is 27.9. The number of nitrogens with one attached hydrogen (secondary N) is 2. The average molecular weight is 326 g/mol. The lowest BCUT2D eigenvalue weighted by Crippen LogP contribution is -2.36. The lowest BCUT2D eigenvalue weighted by Gasteiger charge is -2.13. The number of fused-ring (bicyclic) bond motifs is 1. The summed E-state index contributed by atoms with van der Waals surface area (Å²) in [5.41, 5.74) is 1.23. The normalized spacial score (nSPS) is 19.2. The van der Waals surface area contributed by atoms with Crippen molar-refractivity contribution in [2.24, 2.45) is 0 Å². The highest BCUT2D eigenvalue weighted by atomic mass is 35.5. The van der Waals surface area contributed by atoms with Crippen LogP contribution in [0.15, 0.2) is 29.2 Å². The monoisotopic (exact) mass is 325 g/mol. The van der Waals surface area contributed by atoms with Crippen LogP contribution in [-0.2, 0) is 10.0 Å². The molecule has 0 saturated carbocycles. The minimum absolute atomic E-state index is 0.0776. The van der Waals surface area contributed by atoms with E-state index >= 15 is 0 Å². The predicted octanol–water partition coefficient (Wildman–Crippen LogP) is 1.84. The van der Waals surface area contributed by atoms with E-state index in [2.05, 4.69) is 15.0 Å². The molecule has 5 nitrogen and oxygen atoms in total. The van der Waals surface area contributed by atoms with E-state index in [1.54, 1.807) is 12.1 Å². The largest absolute Gasteiger partial charge is 0.315 e. The van der Waals surface area contributed by atoms with Crippen molar-refractivity contribution in [1.82, 2.24) is 15.0 Å². The standard InChI is InChI=1S/C14H16ClN3O2S/c1-9-7-10-3-2-4-12(13(10)17-14(9)15)21(19,20)18-11-5-6-16-8-11/h2-4,7,11,16,18H,5-6,8H2,1H3/t11-/m1/s1. The summed E-state index contributed by atoms with van der Waals surface area (Å²) in [6, 6.07) is 6.89. The molecule has 21 heavy (non-hydrogen) atoms. The number of aryl methyl sites for hydroxylation is 1. The van der Waals surface area contributed by atoms with Gasteiger partial charge >= 0.3 is 0 Å². The Hall–Kier alpha value is -1.21. The fourth-order valence-electron chi connectivity index (χ4n) is 2.51. The molecule has 2 aromatic rings. The molecule has 7 heteroatoms. The molecule has 0 unspecified atom stereocenters. The van der Waals surface area contributed by atoms with Crippen LogP contribution in [0.25, 0.3) is 10.9 Å². The van der Waals surface area contributed by atoms with Crippen LogP contribution in [0.2, 0.25) is 5.15 Å². The van der Waals surface area contributed by atoms with Gasteiger partial charge in [0, 0.05) is 18.0 Å². The van der Waals surface area contributed by atoms with E-state index in [0.717, 1.165) is 23.9 Å². The zero-order valence-electron chi connectivity index (χ0n) is 11.6. The zero-order chi connectivity index (χ0) is 15.0. The van der Waals surface area contributed by atoms with Crippen LogP contribution in [0.3, 0.4) is 0 Å². The van der Waals surface area contributed by atoms with Gasteiger partial charge in [0.2, 0.25) is 10.0 Å². The zero-order valence-corrected chi connectivity index (χ0v) is 13.1. The van der Waals surface area contributed by atoms with Crippen molar-refractivity contribution < 1.29 is 8.42 Å². The van der Waals surface area contributed by atoms with E-state index < -0.39 is 10.0 Å². The molecule has 2 heterocycles. The fraction of sp³-hybridized carbons (Fsp3) is 0.357. The number of sulfonamides is 1. The molecule has 0 radical (unpaired) electrons. The maximum atomic E-state index is 12.6. The summed E-state index contributed by atoms with van der Waals surface area (Å²) in [6.45, 7) is 3.32. The van der Waals surface area contributed by atoms with Crippen molar-refractivity contribution in [2.75, 3.05) is 13.1 Å². The van der Waals surface area contributed by atoms with Gasteiger partial charge in [-0.25, -0.2) is 18.1 Å². The third-order valence-corrected chi connectivity index (χ3v) is 5.54. The van der Waals surface area contributed by atoms with Gasteiger partial charge in [-0.15, -0.1) is 0 Å². The van der Waals surface area contributed by atoms with Gasteiger partial charge in [0.05, 0.1) is 5.52 Å². The Morgan fingerprint density at radius 2 is 2.24 bits per heavy atom. The first-order valence-electron chi connectivity index (χ1n) is 6.76. The molecule has 1 saturated heterocycles. The van der Waals surface area contributed by atoms with Gasteiger partial charge in [0.15, 0.2) is 0 Å². The number of rotatable bonds is 3. The summed E-state index contributed by atoms with van der Waals surface area (Å²) in [7, 11) is -3.61. The van der Waals surface area contributed by atoms with Crippen LogP contribution in [0.5, 0.6) is 0 Å². The Labute approximate surface area is 128 Å². The average Bonchev–Trinajstić information content (AvgIpc) is 2.91. The number of nitrogens with zero attached hydrogens (tertiary/aromatic N) is 1. The fourth-order valence-corrected chi connectivity index (χ4v) is 4.09. The molecule has 1 aromatic carbocycles. The Morgan fingerprint density at radius 1 is 1.43 bits per heavy atom. The van der Waals surface area contributed by atoms with E-state index in [0.29, 0.717) is 17.2 Å². The van der Waals surface area contributed by atoms with Crippen LogP contribution in [0, 0.1) is 6.92 Å². The van der Waals surface area contributed by atoms with Crippen LogP contribution in [0.4, 0.5) is 0 Å². The maximum Gasteiger partial charge on any atom is 0.243 e. The highest BCUT2D eigenvalue weighted by Crippen LogP contribution is 2.25. The minimum Gasteiger partial charge on any atom is -0.315 e. The first-order valence-corrected chi connectivity index (χ1v) is 8.62. The smallest absolute Gasteiger partial charge is 0.243 e. The van der Waals surface area contributed by atoms with Crippen molar-refractivity contribution in [1.29, 1.82) is 0 Å². The maximum absolute atomic E-state index is 12.6. The van der Waals surface area contributed by atoms with Crippen molar-refractivity contribution >= 4 is 32.5 Å². The minimum atomic E-state index is -3.61. The van der Waals surface area contributed by atoms with Gasteiger partial charge in [0.25, 0.3) is 0 Å². The molecular weight excluding hydrogens is 310 g/mol. The Bertz CT molecular complexity index is 786. The first kappa shape index (κ1) is 14.7. The summed E-state index contributed by atoms with van der Waals surface area (Å²) in [5, 5.41) is 4.23. The van der Waals surface area contributed by atoms with Crippen molar-refractivity contribution in [3.63, 3.8) is 0 Å². The predicted molar refractivity (Wildman–Crippen MR) is 83.1 cm³/mol. The molecule has 3 rings (SSSR count). The molecule has 0 bridgehead atoms. The number of hydrogen-bond donors (Lipinski definition) is 2. The van der Waals surface area contributed by atoms with Gasteiger partial charge in [-0.2, -0.15) is 0 Å². The molecule has 1 atom stereocenters. The summed E-state index contributed by atoms with van der Waals surface area (Å²) in [6.07, 6.45) is 0.789. The third-order valence-electron chi connectivity index (χ3n) is 3.61. The van der Waals surface area contributed by atoms with Gasteiger partial charge < -0.3 is 5.32 Å². The summed E-state index contributed by atoms with van der Waals surface area (Å²) >= 11 is 6.04. The summed E-state index contributed by atoms with van der Waals surface area (Å²) in [5.74, 6) is 0. The lowest BCUT2D eigenvalue weighted by atomic mass is 10.2. The molecule has 1 aliphatic heterocycles. The molecular formula is C14H16ClN3O2S. The van der Waals surface area contributed by atoms with E-state index in [4.69, 9.17) is 11.6 Å². The second kappa shape index (κ2) is 5.53. The van der Waals surface area contributed by atoms with Crippen molar-refractivity contribution in [3.8, 4) is 0 Å². The molecule has 2 N–H and O–H groups in total. The molecule has 1 aromatic heterocycles. The van der Waals surface area contributed by atoms with E-state index in [-0.39, 0.29) is 10.9 Å². The number of aromatic nitrogens is 1. The number of halogens is 1. The van der Waals surface area contributed by atoms with E-state index in [9.17, 15) is 8.42 Å². The van der Waals surface area contributed by atoms with Crippen LogP contribution in [0.1, 0.15) is 12.0 Å². The van der Waals surface area contributed by atoms with Gasteiger partial charge in [-0.1, -0.05) is 23.7 Å². The summed E-state index contributed by atoms with van der Waals surface area (Å²) in [4.78, 5) is 4.42. The SMILES string of the molecule is Cc1cc2cccc(S(=O)(=O)N[C@@H]3CCNC3)c2nc1Cl. The highest BCUT2D eigenvalue weighted by molar-refractivity contribution is 7.89. The number of pyridine rings is 1. The quantitative estimate of drug-likeness (QED) is 0.845. The van der Waals surface area contributed by atoms with Crippen molar-refractivity contribution in [2.45, 2.75) is 24.3 Å². The van der Waals surface area contributed by atoms with Crippen LogP contribution in [-0.4, -0.2) is 32.5 Å². The molecule has 112 valence electrons. The van der Waals surface area contributed by atoms with Gasteiger partial charge in [0.1, 0.15) is 10.0 Å². The lowest BCUT2D eigenvalue weighted by molar-refractivity contribution is 0.561. The van der Waals surface area contributed by atoms with Crippen LogP contribution < -0.4 is 10.0 Å². The Balaban J connectivity index is 2.08. The molecule has 0 aliphatic carbocycles. The number of para-hydroxylation sites is 1.